The highest BCUT2D eigenvalue weighted by molar-refractivity contribution is 5.77. The van der Waals surface area contributed by atoms with E-state index in [1.165, 1.54) is 0 Å². The zero-order chi connectivity index (χ0) is 14.4. The van der Waals surface area contributed by atoms with E-state index in [-0.39, 0.29) is 12.5 Å². The molecule has 0 saturated carbocycles. The molecule has 1 saturated heterocycles. The Morgan fingerprint density at radius 1 is 1.40 bits per heavy atom. The number of piperidine rings is 1. The zero-order valence-electron chi connectivity index (χ0n) is 12.2. The van der Waals surface area contributed by atoms with Crippen LogP contribution in [0.15, 0.2) is 24.3 Å². The number of nitrogens with one attached hydrogen (secondary N) is 2. The fourth-order valence-electron chi connectivity index (χ4n) is 2.29. The molecule has 0 spiro atoms. The van der Waals surface area contributed by atoms with Gasteiger partial charge in [-0.2, -0.15) is 0 Å². The van der Waals surface area contributed by atoms with Crippen molar-refractivity contribution in [2.24, 2.45) is 0 Å². The molecule has 1 fully saturated rings. The molecule has 1 heterocycles. The Kier molecular flexibility index (Phi) is 5.24. The highest BCUT2D eigenvalue weighted by Gasteiger charge is 2.16. The summed E-state index contributed by atoms with van der Waals surface area (Å²) in [5.74, 6) is 0.588. The molecule has 0 radical (unpaired) electrons. The molecule has 1 aromatic carbocycles. The molecule has 1 aliphatic heterocycles. The molecule has 110 valence electrons. The predicted molar refractivity (Wildman–Crippen MR) is 80.1 cm³/mol. The average molecular weight is 277 g/mol. The number of hydrogen-bond acceptors (Lipinski definition) is 4. The van der Waals surface area contributed by atoms with Gasteiger partial charge in [0.25, 0.3) is 5.91 Å². The van der Waals surface area contributed by atoms with Gasteiger partial charge in [-0.3, -0.25) is 4.79 Å². The van der Waals surface area contributed by atoms with Crippen LogP contribution < -0.4 is 15.4 Å². The summed E-state index contributed by atoms with van der Waals surface area (Å²) in [6.45, 7) is 2.31. The van der Waals surface area contributed by atoms with Gasteiger partial charge < -0.3 is 20.3 Å². The number of rotatable bonds is 5. The van der Waals surface area contributed by atoms with Gasteiger partial charge in [0.15, 0.2) is 6.61 Å². The molecule has 0 aliphatic carbocycles. The predicted octanol–water partition coefficient (Wildman–Crippen LogP) is 1.32. The molecule has 0 atom stereocenters. The number of carbonyl (C=O) groups excluding carboxylic acids is 1. The van der Waals surface area contributed by atoms with Gasteiger partial charge in [0.1, 0.15) is 5.75 Å². The number of nitrogens with zero attached hydrogens (tertiary/aromatic N) is 1. The second kappa shape index (κ2) is 7.14. The second-order valence-corrected chi connectivity index (χ2v) is 5.21. The molecule has 0 aromatic heterocycles. The Morgan fingerprint density at radius 3 is 2.85 bits per heavy atom. The van der Waals surface area contributed by atoms with Gasteiger partial charge in [-0.25, -0.2) is 0 Å². The Hall–Kier alpha value is -1.75. The van der Waals surface area contributed by atoms with Crippen LogP contribution in [0.25, 0.3) is 0 Å². The van der Waals surface area contributed by atoms with Gasteiger partial charge in [-0.1, -0.05) is 6.07 Å². The number of anilines is 1. The van der Waals surface area contributed by atoms with Crippen molar-refractivity contribution in [1.82, 2.24) is 10.2 Å². The lowest BCUT2D eigenvalue weighted by atomic mass is 10.1. The van der Waals surface area contributed by atoms with Crippen LogP contribution in [0.2, 0.25) is 0 Å². The zero-order valence-corrected chi connectivity index (χ0v) is 12.2. The van der Waals surface area contributed by atoms with Crippen molar-refractivity contribution in [3.05, 3.63) is 24.3 Å². The van der Waals surface area contributed by atoms with E-state index in [1.54, 1.807) is 7.05 Å². The average Bonchev–Trinajstić information content (AvgIpc) is 2.47. The summed E-state index contributed by atoms with van der Waals surface area (Å²) in [6.07, 6.45) is 2.31. The van der Waals surface area contributed by atoms with Crippen molar-refractivity contribution in [3.63, 3.8) is 0 Å². The summed E-state index contributed by atoms with van der Waals surface area (Å²) < 4.78 is 5.45. The molecule has 1 aliphatic rings. The maximum atomic E-state index is 11.2. The third kappa shape index (κ3) is 4.42. The van der Waals surface area contributed by atoms with Crippen molar-refractivity contribution in [1.29, 1.82) is 0 Å². The topological polar surface area (TPSA) is 53.6 Å². The van der Waals surface area contributed by atoms with Gasteiger partial charge in [-0.15, -0.1) is 0 Å². The number of likely N-dealkylation sites (N-methyl/N-ethyl adjacent to an activating group) is 1. The van der Waals surface area contributed by atoms with Crippen molar-refractivity contribution in [2.45, 2.75) is 18.9 Å². The summed E-state index contributed by atoms with van der Waals surface area (Å²) in [4.78, 5) is 13.5. The first-order valence-electron chi connectivity index (χ1n) is 7.06. The van der Waals surface area contributed by atoms with Gasteiger partial charge in [0.2, 0.25) is 0 Å². The number of hydrogen-bond donors (Lipinski definition) is 2. The van der Waals surface area contributed by atoms with E-state index >= 15 is 0 Å². The molecular weight excluding hydrogens is 254 g/mol. The van der Waals surface area contributed by atoms with Gasteiger partial charge in [-0.05, 0) is 45.1 Å². The monoisotopic (exact) mass is 277 g/mol. The van der Waals surface area contributed by atoms with Crippen molar-refractivity contribution < 1.29 is 9.53 Å². The summed E-state index contributed by atoms with van der Waals surface area (Å²) in [7, 11) is 3.76. The molecule has 5 heteroatoms. The van der Waals surface area contributed by atoms with E-state index in [0.717, 1.165) is 31.6 Å². The minimum absolute atomic E-state index is 0.0498. The number of amides is 1. The lowest BCUT2D eigenvalue weighted by Crippen LogP contribution is -2.36. The minimum atomic E-state index is -0.126. The van der Waals surface area contributed by atoms with Crippen LogP contribution in [0.4, 0.5) is 5.69 Å². The second-order valence-electron chi connectivity index (χ2n) is 5.21. The first-order valence-corrected chi connectivity index (χ1v) is 7.06. The Labute approximate surface area is 120 Å². The normalized spacial score (nSPS) is 16.7. The summed E-state index contributed by atoms with van der Waals surface area (Å²) in [5, 5.41) is 6.07. The van der Waals surface area contributed by atoms with Crippen LogP contribution in [0.1, 0.15) is 12.8 Å². The van der Waals surface area contributed by atoms with E-state index in [9.17, 15) is 4.79 Å². The third-order valence-corrected chi connectivity index (χ3v) is 3.57. The fourth-order valence-corrected chi connectivity index (χ4v) is 2.29. The first kappa shape index (κ1) is 14.7. The summed E-state index contributed by atoms with van der Waals surface area (Å²) in [6, 6.07) is 8.30. The maximum absolute atomic E-state index is 11.2. The SMILES string of the molecule is CNC(=O)COc1cccc(NC2CCN(C)CC2)c1. The fraction of sp³-hybridized carbons (Fsp3) is 0.533. The molecule has 1 amide bonds. The molecular formula is C15H23N3O2. The minimum Gasteiger partial charge on any atom is -0.484 e. The van der Waals surface area contributed by atoms with Crippen LogP contribution in [0.5, 0.6) is 5.75 Å². The molecule has 0 bridgehead atoms. The van der Waals surface area contributed by atoms with Gasteiger partial charge in [0.05, 0.1) is 0 Å². The van der Waals surface area contributed by atoms with Crippen LogP contribution in [-0.4, -0.2) is 50.6 Å². The first-order chi connectivity index (χ1) is 9.67. The van der Waals surface area contributed by atoms with E-state index in [0.29, 0.717) is 11.8 Å². The maximum Gasteiger partial charge on any atom is 0.257 e. The number of likely N-dealkylation sites (tertiary alicyclic amines) is 1. The highest BCUT2D eigenvalue weighted by Crippen LogP contribution is 2.20. The third-order valence-electron chi connectivity index (χ3n) is 3.57. The van der Waals surface area contributed by atoms with Crippen LogP contribution in [0.3, 0.4) is 0 Å². The smallest absolute Gasteiger partial charge is 0.257 e. The standard InChI is InChI=1S/C15H23N3O2/c1-16-15(19)11-20-14-5-3-4-13(10-14)17-12-6-8-18(2)9-7-12/h3-5,10,12,17H,6-9,11H2,1-2H3,(H,16,19). The van der Waals surface area contributed by atoms with E-state index in [4.69, 9.17) is 4.74 Å². The molecule has 5 nitrogen and oxygen atoms in total. The van der Waals surface area contributed by atoms with Crippen LogP contribution in [-0.2, 0) is 4.79 Å². The lowest BCUT2D eigenvalue weighted by Gasteiger charge is -2.30. The number of ether oxygens (including phenoxy) is 1. The van der Waals surface area contributed by atoms with E-state index in [1.807, 2.05) is 24.3 Å². The molecule has 1 aromatic rings. The number of benzene rings is 1. The molecule has 0 unspecified atom stereocenters. The molecule has 2 rings (SSSR count). The lowest BCUT2D eigenvalue weighted by molar-refractivity contribution is -0.122. The Bertz CT molecular complexity index is 442. The van der Waals surface area contributed by atoms with E-state index in [2.05, 4.69) is 22.6 Å². The van der Waals surface area contributed by atoms with Crippen LogP contribution >= 0.6 is 0 Å². The number of carbonyl (C=O) groups is 1. The Balaban J connectivity index is 1.87. The van der Waals surface area contributed by atoms with Crippen LogP contribution in [0, 0.1) is 0 Å². The highest BCUT2D eigenvalue weighted by atomic mass is 16.5. The molecule has 20 heavy (non-hydrogen) atoms. The van der Waals surface area contributed by atoms with Crippen molar-refractivity contribution >= 4 is 11.6 Å². The van der Waals surface area contributed by atoms with Crippen molar-refractivity contribution in [2.75, 3.05) is 39.1 Å². The summed E-state index contributed by atoms with van der Waals surface area (Å²) in [5.41, 5.74) is 1.05. The summed E-state index contributed by atoms with van der Waals surface area (Å²) >= 11 is 0. The largest absolute Gasteiger partial charge is 0.484 e. The Morgan fingerprint density at radius 2 is 2.15 bits per heavy atom. The molecule has 2 N–H and O–H groups in total. The van der Waals surface area contributed by atoms with Crippen molar-refractivity contribution in [3.8, 4) is 5.75 Å². The quantitative estimate of drug-likeness (QED) is 0.852. The van der Waals surface area contributed by atoms with Gasteiger partial charge >= 0.3 is 0 Å². The van der Waals surface area contributed by atoms with Gasteiger partial charge in [0, 0.05) is 24.8 Å². The van der Waals surface area contributed by atoms with E-state index < -0.39 is 0 Å².